The second-order valence-corrected chi connectivity index (χ2v) is 6.06. The fourth-order valence-electron chi connectivity index (χ4n) is 2.44. The van der Waals surface area contributed by atoms with E-state index in [4.69, 9.17) is 4.74 Å². The maximum atomic E-state index is 9.45. The second-order valence-electron chi connectivity index (χ2n) is 5.26. The number of rotatable bonds is 5. The van der Waals surface area contributed by atoms with Gasteiger partial charge < -0.3 is 14.7 Å². The molecular weight excluding hydrogens is 306 g/mol. The Bertz CT molecular complexity index is 436. The van der Waals surface area contributed by atoms with Gasteiger partial charge in [-0.15, -0.1) is 0 Å². The number of ether oxygens (including phenoxy) is 1. The van der Waals surface area contributed by atoms with Gasteiger partial charge in [0.05, 0.1) is 12.7 Å². The van der Waals surface area contributed by atoms with E-state index in [-0.39, 0.29) is 6.10 Å². The Morgan fingerprint density at radius 1 is 1.42 bits per heavy atom. The highest BCUT2D eigenvalue weighted by atomic mass is 79.9. The molecule has 1 saturated heterocycles. The Balaban J connectivity index is 1.75. The summed E-state index contributed by atoms with van der Waals surface area (Å²) >= 11 is 3.58. The van der Waals surface area contributed by atoms with E-state index in [1.165, 1.54) is 5.56 Å². The molecule has 0 amide bonds. The summed E-state index contributed by atoms with van der Waals surface area (Å²) in [4.78, 5) is 2.30. The summed E-state index contributed by atoms with van der Waals surface area (Å²) in [6.07, 6.45) is 1.78. The van der Waals surface area contributed by atoms with Crippen molar-refractivity contribution in [1.29, 1.82) is 0 Å². The van der Waals surface area contributed by atoms with Crippen LogP contribution in [0.15, 0.2) is 16.6 Å². The number of likely N-dealkylation sites (tertiary alicyclic amines) is 1. The van der Waals surface area contributed by atoms with Crippen LogP contribution in [0.1, 0.15) is 24.0 Å². The number of aliphatic hydroxyl groups excluding tert-OH is 1. The quantitative estimate of drug-likeness (QED) is 0.844. The van der Waals surface area contributed by atoms with E-state index < -0.39 is 0 Å². The molecule has 0 aromatic heterocycles. The van der Waals surface area contributed by atoms with Crippen LogP contribution in [0, 0.1) is 13.8 Å². The van der Waals surface area contributed by atoms with Gasteiger partial charge in [0.2, 0.25) is 0 Å². The number of aliphatic hydroxyl groups is 1. The van der Waals surface area contributed by atoms with Crippen LogP contribution < -0.4 is 4.74 Å². The number of aryl methyl sites for hydroxylation is 1. The van der Waals surface area contributed by atoms with Crippen LogP contribution in [0.3, 0.4) is 0 Å². The van der Waals surface area contributed by atoms with Crippen molar-refractivity contribution in [3.8, 4) is 5.75 Å². The van der Waals surface area contributed by atoms with E-state index in [9.17, 15) is 5.11 Å². The van der Waals surface area contributed by atoms with Gasteiger partial charge in [-0.1, -0.05) is 22.0 Å². The molecule has 0 bridgehead atoms. The zero-order valence-corrected chi connectivity index (χ0v) is 13.2. The molecule has 1 aromatic carbocycles. The minimum atomic E-state index is -0.129. The molecule has 0 aliphatic carbocycles. The summed E-state index contributed by atoms with van der Waals surface area (Å²) in [6.45, 7) is 7.71. The first kappa shape index (κ1) is 14.8. The summed E-state index contributed by atoms with van der Waals surface area (Å²) in [7, 11) is 0. The topological polar surface area (TPSA) is 32.7 Å². The normalized spacial score (nSPS) is 19.9. The average molecular weight is 328 g/mol. The third kappa shape index (κ3) is 3.94. The lowest BCUT2D eigenvalue weighted by molar-refractivity contribution is 0.173. The third-order valence-electron chi connectivity index (χ3n) is 3.65. The van der Waals surface area contributed by atoms with Gasteiger partial charge in [-0.25, -0.2) is 0 Å². The molecule has 1 heterocycles. The van der Waals surface area contributed by atoms with E-state index >= 15 is 0 Å². The van der Waals surface area contributed by atoms with Gasteiger partial charge >= 0.3 is 0 Å². The molecular formula is C15H22BrNO2. The molecule has 3 nitrogen and oxygen atoms in total. The van der Waals surface area contributed by atoms with Crippen LogP contribution in [-0.2, 0) is 0 Å². The molecule has 1 N–H and O–H groups in total. The minimum absolute atomic E-state index is 0.129. The first-order valence-corrected chi connectivity index (χ1v) is 7.66. The van der Waals surface area contributed by atoms with Gasteiger partial charge in [0, 0.05) is 29.7 Å². The van der Waals surface area contributed by atoms with Crippen LogP contribution in [0.4, 0.5) is 0 Å². The predicted molar refractivity (Wildman–Crippen MR) is 80.8 cm³/mol. The number of hydrogen-bond acceptors (Lipinski definition) is 3. The first-order chi connectivity index (χ1) is 9.08. The molecule has 1 fully saturated rings. The maximum absolute atomic E-state index is 9.45. The number of β-amino-alcohol motifs (C(OH)–C–C–N with tert-alkyl or cyclic N) is 1. The van der Waals surface area contributed by atoms with E-state index in [2.05, 4.69) is 40.7 Å². The predicted octanol–water partition coefficient (Wildman–Crippen LogP) is 2.90. The van der Waals surface area contributed by atoms with Crippen molar-refractivity contribution in [2.75, 3.05) is 26.2 Å². The molecule has 0 unspecified atom stereocenters. The lowest BCUT2D eigenvalue weighted by atomic mass is 10.1. The van der Waals surface area contributed by atoms with Crippen molar-refractivity contribution >= 4 is 15.9 Å². The fourth-order valence-corrected chi connectivity index (χ4v) is 2.77. The summed E-state index contributed by atoms with van der Waals surface area (Å²) in [5, 5.41) is 9.45. The van der Waals surface area contributed by atoms with Crippen molar-refractivity contribution in [2.24, 2.45) is 0 Å². The Morgan fingerprint density at radius 2 is 2.21 bits per heavy atom. The number of nitrogens with zero attached hydrogens (tertiary/aromatic N) is 1. The smallest absolute Gasteiger partial charge is 0.123 e. The molecule has 4 heteroatoms. The summed E-state index contributed by atoms with van der Waals surface area (Å²) in [6, 6.07) is 4.11. The number of benzene rings is 1. The van der Waals surface area contributed by atoms with Crippen molar-refractivity contribution in [3.05, 3.63) is 27.7 Å². The zero-order chi connectivity index (χ0) is 13.8. The molecule has 2 rings (SSSR count). The fraction of sp³-hybridized carbons (Fsp3) is 0.600. The van der Waals surface area contributed by atoms with Gasteiger partial charge in [0.15, 0.2) is 0 Å². The Morgan fingerprint density at radius 3 is 2.89 bits per heavy atom. The van der Waals surface area contributed by atoms with E-state index in [0.717, 1.165) is 54.9 Å². The van der Waals surface area contributed by atoms with Crippen LogP contribution in [-0.4, -0.2) is 42.4 Å². The third-order valence-corrected chi connectivity index (χ3v) is 4.87. The highest BCUT2D eigenvalue weighted by molar-refractivity contribution is 9.10. The molecule has 0 spiro atoms. The Labute approximate surface area is 123 Å². The summed E-state index contributed by atoms with van der Waals surface area (Å²) in [5.74, 6) is 0.957. The van der Waals surface area contributed by atoms with Gasteiger partial charge in [0.1, 0.15) is 5.75 Å². The van der Waals surface area contributed by atoms with Crippen LogP contribution in [0.25, 0.3) is 0 Å². The monoisotopic (exact) mass is 327 g/mol. The largest absolute Gasteiger partial charge is 0.493 e. The van der Waals surface area contributed by atoms with Crippen molar-refractivity contribution in [1.82, 2.24) is 4.90 Å². The summed E-state index contributed by atoms with van der Waals surface area (Å²) in [5.41, 5.74) is 2.40. The van der Waals surface area contributed by atoms with Crippen LogP contribution in [0.2, 0.25) is 0 Å². The molecule has 106 valence electrons. The SMILES string of the molecule is Cc1ccc(OCCCN2CC[C@@H](O)C2)c(C)c1Br. The van der Waals surface area contributed by atoms with Crippen molar-refractivity contribution in [3.63, 3.8) is 0 Å². The van der Waals surface area contributed by atoms with E-state index in [0.29, 0.717) is 0 Å². The minimum Gasteiger partial charge on any atom is -0.493 e. The highest BCUT2D eigenvalue weighted by Gasteiger charge is 2.19. The second kappa shape index (κ2) is 6.73. The van der Waals surface area contributed by atoms with Crippen LogP contribution >= 0.6 is 15.9 Å². The van der Waals surface area contributed by atoms with Crippen molar-refractivity contribution < 1.29 is 9.84 Å². The lowest BCUT2D eigenvalue weighted by Gasteiger charge is -2.16. The van der Waals surface area contributed by atoms with Gasteiger partial charge in [-0.05, 0) is 38.3 Å². The number of hydrogen-bond donors (Lipinski definition) is 1. The van der Waals surface area contributed by atoms with Gasteiger partial charge in [-0.2, -0.15) is 0 Å². The molecule has 1 atom stereocenters. The molecule has 0 radical (unpaired) electrons. The van der Waals surface area contributed by atoms with E-state index in [1.807, 2.05) is 6.07 Å². The first-order valence-electron chi connectivity index (χ1n) is 6.87. The molecule has 1 aliphatic rings. The van der Waals surface area contributed by atoms with Crippen molar-refractivity contribution in [2.45, 2.75) is 32.8 Å². The Hall–Kier alpha value is -0.580. The standard InChI is InChI=1S/C15H22BrNO2/c1-11-4-5-14(12(2)15(11)16)19-9-3-7-17-8-6-13(18)10-17/h4-5,13,18H,3,6-10H2,1-2H3/t13-/m1/s1. The maximum Gasteiger partial charge on any atom is 0.123 e. The lowest BCUT2D eigenvalue weighted by Crippen LogP contribution is -2.24. The average Bonchev–Trinajstić information content (AvgIpc) is 2.80. The Kier molecular flexibility index (Phi) is 5.25. The van der Waals surface area contributed by atoms with Gasteiger partial charge in [-0.3, -0.25) is 0 Å². The van der Waals surface area contributed by atoms with E-state index in [1.54, 1.807) is 0 Å². The summed E-state index contributed by atoms with van der Waals surface area (Å²) < 4.78 is 6.97. The molecule has 19 heavy (non-hydrogen) atoms. The number of halogens is 1. The molecule has 1 aliphatic heterocycles. The van der Waals surface area contributed by atoms with Crippen LogP contribution in [0.5, 0.6) is 5.75 Å². The molecule has 1 aromatic rings. The highest BCUT2D eigenvalue weighted by Crippen LogP contribution is 2.29. The zero-order valence-electron chi connectivity index (χ0n) is 11.7. The molecule has 0 saturated carbocycles. The van der Waals surface area contributed by atoms with Gasteiger partial charge in [0.25, 0.3) is 0 Å².